The van der Waals surface area contributed by atoms with Gasteiger partial charge in [0.05, 0.1) is 19.3 Å². The van der Waals surface area contributed by atoms with E-state index in [-0.39, 0.29) is 5.54 Å². The first-order valence-electron chi connectivity index (χ1n) is 6.60. The van der Waals surface area contributed by atoms with Crippen LogP contribution in [0.15, 0.2) is 24.3 Å². The predicted molar refractivity (Wildman–Crippen MR) is 72.6 cm³/mol. The number of nitrogens with zero attached hydrogens (tertiary/aromatic N) is 1. The summed E-state index contributed by atoms with van der Waals surface area (Å²) in [6.45, 7) is 9.54. The minimum absolute atomic E-state index is 0.268. The van der Waals surface area contributed by atoms with Crippen molar-refractivity contribution >= 4 is 0 Å². The molecule has 3 nitrogen and oxygen atoms in total. The topological polar surface area (TPSA) is 32.7 Å². The molecule has 1 heterocycles. The molecular formula is C15H23NO2. The van der Waals surface area contributed by atoms with Crippen LogP contribution < -0.4 is 0 Å². The first kappa shape index (κ1) is 13.5. The molecular weight excluding hydrogens is 226 g/mol. The number of benzene rings is 1. The van der Waals surface area contributed by atoms with Gasteiger partial charge in [-0.15, -0.1) is 0 Å². The van der Waals surface area contributed by atoms with Crippen LogP contribution in [-0.4, -0.2) is 41.8 Å². The highest BCUT2D eigenvalue weighted by molar-refractivity contribution is 5.29. The molecule has 0 spiro atoms. The van der Waals surface area contributed by atoms with Crippen molar-refractivity contribution in [1.82, 2.24) is 4.90 Å². The highest BCUT2D eigenvalue weighted by Gasteiger charge is 2.36. The van der Waals surface area contributed by atoms with Crippen molar-refractivity contribution < 1.29 is 9.84 Å². The molecule has 100 valence electrons. The van der Waals surface area contributed by atoms with Crippen LogP contribution in [0.25, 0.3) is 0 Å². The first-order valence-corrected chi connectivity index (χ1v) is 6.60. The highest BCUT2D eigenvalue weighted by Crippen LogP contribution is 2.32. The summed E-state index contributed by atoms with van der Waals surface area (Å²) in [5.74, 6) is 0. The smallest absolute Gasteiger partial charge is 0.0970 e. The fraction of sp³-hybridized carbons (Fsp3) is 0.600. The molecule has 1 saturated heterocycles. The lowest BCUT2D eigenvalue weighted by Crippen LogP contribution is -2.53. The zero-order valence-electron chi connectivity index (χ0n) is 11.5. The van der Waals surface area contributed by atoms with Gasteiger partial charge >= 0.3 is 0 Å². The van der Waals surface area contributed by atoms with E-state index < -0.39 is 6.10 Å². The summed E-state index contributed by atoms with van der Waals surface area (Å²) in [6, 6.07) is 8.06. The number of morpholine rings is 1. The van der Waals surface area contributed by atoms with Crippen molar-refractivity contribution in [2.24, 2.45) is 0 Å². The van der Waals surface area contributed by atoms with Crippen molar-refractivity contribution in [2.75, 3.05) is 26.3 Å². The number of hydrogen-bond donors (Lipinski definition) is 1. The number of aryl methyl sites for hydroxylation is 1. The summed E-state index contributed by atoms with van der Waals surface area (Å²) in [5.41, 5.74) is 1.90. The van der Waals surface area contributed by atoms with Gasteiger partial charge in [0.25, 0.3) is 0 Å². The first-order chi connectivity index (χ1) is 8.53. The monoisotopic (exact) mass is 249 g/mol. The molecule has 2 rings (SSSR count). The second kappa shape index (κ2) is 5.39. The van der Waals surface area contributed by atoms with E-state index in [9.17, 15) is 5.11 Å². The van der Waals surface area contributed by atoms with E-state index in [0.29, 0.717) is 0 Å². The lowest BCUT2D eigenvalue weighted by molar-refractivity contribution is -0.0632. The third-order valence-electron chi connectivity index (χ3n) is 3.98. The molecule has 0 amide bonds. The molecule has 0 aliphatic carbocycles. The largest absolute Gasteiger partial charge is 0.386 e. The lowest BCUT2D eigenvalue weighted by atomic mass is 9.87. The standard InChI is InChI=1S/C15H23NO2/c1-12-6-4-5-7-13(12)14(17)15(2,3)16-8-10-18-11-9-16/h4-7,14,17H,8-11H2,1-3H3. The molecule has 0 radical (unpaired) electrons. The van der Waals surface area contributed by atoms with E-state index in [1.165, 1.54) is 0 Å². The van der Waals surface area contributed by atoms with Crippen molar-refractivity contribution in [1.29, 1.82) is 0 Å². The molecule has 1 aliphatic heterocycles. The third kappa shape index (κ3) is 2.58. The van der Waals surface area contributed by atoms with Crippen molar-refractivity contribution in [3.8, 4) is 0 Å². The number of hydrogen-bond acceptors (Lipinski definition) is 3. The van der Waals surface area contributed by atoms with E-state index in [4.69, 9.17) is 4.74 Å². The molecule has 3 heteroatoms. The number of ether oxygens (including phenoxy) is 1. The lowest BCUT2D eigenvalue weighted by Gasteiger charge is -2.44. The quantitative estimate of drug-likeness (QED) is 0.891. The zero-order valence-corrected chi connectivity index (χ0v) is 11.5. The Morgan fingerprint density at radius 2 is 1.83 bits per heavy atom. The Labute approximate surface area is 109 Å². The molecule has 1 aliphatic rings. The van der Waals surface area contributed by atoms with E-state index in [1.807, 2.05) is 31.2 Å². The van der Waals surface area contributed by atoms with E-state index in [1.54, 1.807) is 0 Å². The molecule has 1 aromatic rings. The number of aliphatic hydroxyl groups excluding tert-OH is 1. The molecule has 0 aromatic heterocycles. The van der Waals surface area contributed by atoms with Crippen LogP contribution in [0.3, 0.4) is 0 Å². The summed E-state index contributed by atoms with van der Waals surface area (Å²) in [7, 11) is 0. The number of rotatable bonds is 3. The van der Waals surface area contributed by atoms with Crippen LogP contribution in [-0.2, 0) is 4.74 Å². The molecule has 1 aromatic carbocycles. The van der Waals surface area contributed by atoms with Gasteiger partial charge in [0.1, 0.15) is 0 Å². The van der Waals surface area contributed by atoms with Crippen molar-refractivity contribution in [2.45, 2.75) is 32.4 Å². The van der Waals surface area contributed by atoms with Gasteiger partial charge in [0.2, 0.25) is 0 Å². The zero-order chi connectivity index (χ0) is 13.2. The Hall–Kier alpha value is -0.900. The predicted octanol–water partition coefficient (Wildman–Crippen LogP) is 2.14. The van der Waals surface area contributed by atoms with Crippen LogP contribution in [0.1, 0.15) is 31.1 Å². The fourth-order valence-electron chi connectivity index (χ4n) is 2.59. The van der Waals surface area contributed by atoms with Crippen molar-refractivity contribution in [3.63, 3.8) is 0 Å². The van der Waals surface area contributed by atoms with Crippen LogP contribution in [0.4, 0.5) is 0 Å². The van der Waals surface area contributed by atoms with E-state index in [0.717, 1.165) is 37.4 Å². The summed E-state index contributed by atoms with van der Waals surface area (Å²) >= 11 is 0. The van der Waals surface area contributed by atoms with Crippen LogP contribution in [0.5, 0.6) is 0 Å². The van der Waals surface area contributed by atoms with Gasteiger partial charge in [-0.3, -0.25) is 4.90 Å². The Kier molecular flexibility index (Phi) is 4.05. The molecule has 18 heavy (non-hydrogen) atoms. The average molecular weight is 249 g/mol. The Morgan fingerprint density at radius 3 is 2.44 bits per heavy atom. The van der Waals surface area contributed by atoms with Gasteiger partial charge in [-0.1, -0.05) is 24.3 Å². The Bertz CT molecular complexity index is 397. The van der Waals surface area contributed by atoms with Gasteiger partial charge in [0, 0.05) is 18.6 Å². The van der Waals surface area contributed by atoms with E-state index in [2.05, 4.69) is 18.7 Å². The van der Waals surface area contributed by atoms with E-state index >= 15 is 0 Å². The van der Waals surface area contributed by atoms with Crippen LogP contribution in [0.2, 0.25) is 0 Å². The number of aliphatic hydroxyl groups is 1. The second-order valence-electron chi connectivity index (χ2n) is 5.51. The summed E-state index contributed by atoms with van der Waals surface area (Å²) < 4.78 is 5.38. The second-order valence-corrected chi connectivity index (χ2v) is 5.51. The van der Waals surface area contributed by atoms with Gasteiger partial charge < -0.3 is 9.84 Å². The molecule has 1 fully saturated rings. The van der Waals surface area contributed by atoms with Gasteiger partial charge in [-0.25, -0.2) is 0 Å². The molecule has 0 bridgehead atoms. The summed E-state index contributed by atoms with van der Waals surface area (Å²) in [4.78, 5) is 2.31. The maximum absolute atomic E-state index is 10.7. The average Bonchev–Trinajstić information content (AvgIpc) is 2.39. The van der Waals surface area contributed by atoms with Crippen LogP contribution in [0, 0.1) is 6.92 Å². The van der Waals surface area contributed by atoms with Crippen LogP contribution >= 0.6 is 0 Å². The Morgan fingerprint density at radius 1 is 1.22 bits per heavy atom. The van der Waals surface area contributed by atoms with Gasteiger partial charge in [-0.2, -0.15) is 0 Å². The van der Waals surface area contributed by atoms with Crippen molar-refractivity contribution in [3.05, 3.63) is 35.4 Å². The Balaban J connectivity index is 2.20. The highest BCUT2D eigenvalue weighted by atomic mass is 16.5. The van der Waals surface area contributed by atoms with Gasteiger partial charge in [-0.05, 0) is 31.9 Å². The molecule has 0 saturated carbocycles. The summed E-state index contributed by atoms with van der Waals surface area (Å²) in [6.07, 6.45) is -0.475. The van der Waals surface area contributed by atoms with Gasteiger partial charge in [0.15, 0.2) is 0 Å². The summed E-state index contributed by atoms with van der Waals surface area (Å²) in [5, 5.41) is 10.7. The maximum Gasteiger partial charge on any atom is 0.0970 e. The SMILES string of the molecule is Cc1ccccc1C(O)C(C)(C)N1CCOCC1. The minimum Gasteiger partial charge on any atom is -0.386 e. The normalized spacial score (nSPS) is 19.8. The minimum atomic E-state index is -0.475. The third-order valence-corrected chi connectivity index (χ3v) is 3.98. The maximum atomic E-state index is 10.7. The fourth-order valence-corrected chi connectivity index (χ4v) is 2.59. The molecule has 1 N–H and O–H groups in total. The molecule has 1 unspecified atom stereocenters. The molecule has 1 atom stereocenters.